The first kappa shape index (κ1) is 15.9. The number of nitrogens with zero attached hydrogens (tertiary/aromatic N) is 3. The number of anilines is 1. The molecule has 8 heteroatoms. The Morgan fingerprint density at radius 2 is 1.46 bits per heavy atom. The third-order valence-electron chi connectivity index (χ3n) is 3.71. The molecule has 0 spiro atoms. The van der Waals surface area contributed by atoms with Crippen LogP contribution in [0.25, 0.3) is 23.0 Å². The number of rotatable bonds is 4. The van der Waals surface area contributed by atoms with E-state index in [1.807, 2.05) is 6.07 Å². The van der Waals surface area contributed by atoms with Crippen LogP contribution in [-0.4, -0.2) is 15.2 Å². The van der Waals surface area contributed by atoms with Gasteiger partial charge < -0.3 is 14.6 Å². The van der Waals surface area contributed by atoms with Crippen molar-refractivity contribution in [2.45, 2.75) is 5.92 Å². The summed E-state index contributed by atoms with van der Waals surface area (Å²) in [6.07, 6.45) is 0. The molecular formula is C18H12F2N4O2. The number of nitrogen functional groups attached to an aromatic ring is 1. The van der Waals surface area contributed by atoms with Crippen LogP contribution in [0.5, 0.6) is 0 Å². The molecule has 130 valence electrons. The summed E-state index contributed by atoms with van der Waals surface area (Å²) >= 11 is 0. The molecule has 0 aliphatic heterocycles. The van der Waals surface area contributed by atoms with Crippen LogP contribution in [0.15, 0.2) is 69.5 Å². The molecule has 2 heterocycles. The van der Waals surface area contributed by atoms with Crippen molar-refractivity contribution < 1.29 is 17.6 Å². The highest BCUT2D eigenvalue weighted by Crippen LogP contribution is 2.37. The summed E-state index contributed by atoms with van der Waals surface area (Å²) in [6, 6.07) is 16.2. The second-order valence-corrected chi connectivity index (χ2v) is 5.45. The predicted molar refractivity (Wildman–Crippen MR) is 89.1 cm³/mol. The van der Waals surface area contributed by atoms with Crippen molar-refractivity contribution in [1.82, 2.24) is 15.2 Å². The number of oxazole rings is 1. The molecule has 0 saturated carbocycles. The van der Waals surface area contributed by atoms with Crippen molar-refractivity contribution in [2.24, 2.45) is 0 Å². The zero-order chi connectivity index (χ0) is 18.1. The lowest BCUT2D eigenvalue weighted by molar-refractivity contribution is 0.0135. The first-order valence-corrected chi connectivity index (χ1v) is 7.65. The average Bonchev–Trinajstić information content (AvgIpc) is 3.30. The summed E-state index contributed by atoms with van der Waals surface area (Å²) in [5.74, 6) is -4.39. The van der Waals surface area contributed by atoms with Crippen LogP contribution in [0.2, 0.25) is 0 Å². The number of hydrogen-bond acceptors (Lipinski definition) is 6. The Balaban J connectivity index is 1.70. The highest BCUT2D eigenvalue weighted by atomic mass is 19.3. The van der Waals surface area contributed by atoms with Gasteiger partial charge in [-0.15, -0.1) is 10.2 Å². The lowest BCUT2D eigenvalue weighted by Gasteiger charge is -2.11. The summed E-state index contributed by atoms with van der Waals surface area (Å²) in [5.41, 5.74) is 6.24. The summed E-state index contributed by atoms with van der Waals surface area (Å²) in [4.78, 5) is 4.19. The van der Waals surface area contributed by atoms with Crippen LogP contribution in [0.4, 0.5) is 14.7 Å². The first-order chi connectivity index (χ1) is 12.6. The molecule has 0 atom stereocenters. The summed E-state index contributed by atoms with van der Waals surface area (Å²) < 4.78 is 39.6. The quantitative estimate of drug-likeness (QED) is 0.593. The van der Waals surface area contributed by atoms with Gasteiger partial charge in [0, 0.05) is 11.1 Å². The molecule has 2 N–H and O–H groups in total. The van der Waals surface area contributed by atoms with Gasteiger partial charge in [-0.05, 0) is 12.1 Å². The van der Waals surface area contributed by atoms with E-state index in [4.69, 9.17) is 14.6 Å². The lowest BCUT2D eigenvalue weighted by Crippen LogP contribution is -2.15. The molecule has 4 rings (SSSR count). The van der Waals surface area contributed by atoms with Crippen molar-refractivity contribution in [1.29, 1.82) is 0 Å². The molecule has 0 aliphatic carbocycles. The normalized spacial score (nSPS) is 11.6. The van der Waals surface area contributed by atoms with E-state index < -0.39 is 11.8 Å². The summed E-state index contributed by atoms with van der Waals surface area (Å²) in [6.45, 7) is 0. The van der Waals surface area contributed by atoms with Crippen molar-refractivity contribution in [2.75, 3.05) is 5.73 Å². The van der Waals surface area contributed by atoms with E-state index in [1.165, 1.54) is 24.3 Å². The largest absolute Gasteiger partial charge is 0.420 e. The Kier molecular flexibility index (Phi) is 3.72. The second kappa shape index (κ2) is 6.07. The van der Waals surface area contributed by atoms with E-state index in [-0.39, 0.29) is 28.9 Å². The molecule has 4 aromatic rings. The van der Waals surface area contributed by atoms with Crippen LogP contribution in [0, 0.1) is 0 Å². The Morgan fingerprint density at radius 3 is 2.15 bits per heavy atom. The molecule has 2 aromatic carbocycles. The van der Waals surface area contributed by atoms with E-state index in [9.17, 15) is 8.78 Å². The smallest absolute Gasteiger partial charge is 0.349 e. The van der Waals surface area contributed by atoms with Gasteiger partial charge in [0.25, 0.3) is 11.8 Å². The molecule has 26 heavy (non-hydrogen) atoms. The van der Waals surface area contributed by atoms with Gasteiger partial charge in [0.05, 0.1) is 0 Å². The van der Waals surface area contributed by atoms with Crippen molar-refractivity contribution in [3.05, 3.63) is 72.1 Å². The van der Waals surface area contributed by atoms with Gasteiger partial charge in [-0.1, -0.05) is 48.5 Å². The Labute approximate surface area is 146 Å². The van der Waals surface area contributed by atoms with E-state index in [2.05, 4.69) is 15.2 Å². The van der Waals surface area contributed by atoms with Gasteiger partial charge >= 0.3 is 5.92 Å². The van der Waals surface area contributed by atoms with Gasteiger partial charge in [-0.25, -0.2) is 4.98 Å². The highest BCUT2D eigenvalue weighted by molar-refractivity contribution is 5.66. The molecule has 2 aromatic heterocycles. The summed E-state index contributed by atoms with van der Waals surface area (Å²) in [5, 5.41) is 7.11. The van der Waals surface area contributed by atoms with E-state index >= 15 is 0 Å². The molecule has 6 nitrogen and oxygen atoms in total. The number of hydrogen-bond donors (Lipinski definition) is 1. The third-order valence-corrected chi connectivity index (χ3v) is 3.71. The molecule has 0 radical (unpaired) electrons. The number of aromatic nitrogens is 3. The number of alkyl halides is 2. The highest BCUT2D eigenvalue weighted by Gasteiger charge is 2.40. The van der Waals surface area contributed by atoms with Crippen molar-refractivity contribution in [3.63, 3.8) is 0 Å². The van der Waals surface area contributed by atoms with Crippen LogP contribution in [0.1, 0.15) is 11.5 Å². The molecule has 0 saturated heterocycles. The van der Waals surface area contributed by atoms with Gasteiger partial charge in [0.2, 0.25) is 11.8 Å². The van der Waals surface area contributed by atoms with Crippen molar-refractivity contribution in [3.8, 4) is 23.0 Å². The fourth-order valence-electron chi connectivity index (χ4n) is 2.41. The second-order valence-electron chi connectivity index (χ2n) is 5.45. The number of nitrogens with two attached hydrogens (primary N) is 1. The van der Waals surface area contributed by atoms with Crippen LogP contribution < -0.4 is 5.73 Å². The predicted octanol–water partition coefficient (Wildman–Crippen LogP) is 4.11. The van der Waals surface area contributed by atoms with E-state index in [0.717, 1.165) is 0 Å². The Morgan fingerprint density at radius 1 is 0.808 bits per heavy atom. The minimum atomic E-state index is -3.44. The Bertz CT molecular complexity index is 1030. The van der Waals surface area contributed by atoms with Gasteiger partial charge in [-0.3, -0.25) is 0 Å². The van der Waals surface area contributed by atoms with E-state index in [0.29, 0.717) is 5.56 Å². The van der Waals surface area contributed by atoms with Crippen molar-refractivity contribution >= 4 is 5.88 Å². The standard InChI is InChI=1S/C18H12F2N4O2/c19-18(20,12-9-5-2-6-10-12)17-24-23-16(26-17)13-14(21)25-15(22-13)11-7-3-1-4-8-11/h1-10H,21H2. The number of halogens is 2. The topological polar surface area (TPSA) is 91.0 Å². The van der Waals surface area contributed by atoms with Gasteiger partial charge in [0.15, 0.2) is 5.69 Å². The van der Waals surface area contributed by atoms with Crippen LogP contribution >= 0.6 is 0 Å². The van der Waals surface area contributed by atoms with Gasteiger partial charge in [-0.2, -0.15) is 8.78 Å². The first-order valence-electron chi connectivity index (χ1n) is 7.65. The maximum Gasteiger partial charge on any atom is 0.349 e. The Hall–Kier alpha value is -3.55. The zero-order valence-electron chi connectivity index (χ0n) is 13.3. The zero-order valence-corrected chi connectivity index (χ0v) is 13.3. The number of benzene rings is 2. The maximum absolute atomic E-state index is 14.5. The monoisotopic (exact) mass is 354 g/mol. The fourth-order valence-corrected chi connectivity index (χ4v) is 2.41. The third kappa shape index (κ3) is 2.71. The minimum absolute atomic E-state index is 0.0199. The summed E-state index contributed by atoms with van der Waals surface area (Å²) in [7, 11) is 0. The SMILES string of the molecule is Nc1oc(-c2ccccc2)nc1-c1nnc(C(F)(F)c2ccccc2)o1. The fraction of sp³-hybridized carbons (Fsp3) is 0.0556. The molecule has 0 aliphatic rings. The molecule has 0 unspecified atom stereocenters. The van der Waals surface area contributed by atoms with Gasteiger partial charge in [0.1, 0.15) is 0 Å². The molecule has 0 fully saturated rings. The molecule has 0 amide bonds. The lowest BCUT2D eigenvalue weighted by atomic mass is 10.1. The van der Waals surface area contributed by atoms with E-state index in [1.54, 1.807) is 30.3 Å². The molecular weight excluding hydrogens is 342 g/mol. The van der Waals surface area contributed by atoms with Crippen LogP contribution in [0.3, 0.4) is 0 Å². The minimum Gasteiger partial charge on any atom is -0.420 e. The maximum atomic E-state index is 14.5. The average molecular weight is 354 g/mol. The van der Waals surface area contributed by atoms with Crippen LogP contribution in [-0.2, 0) is 5.92 Å². The molecule has 0 bridgehead atoms.